The van der Waals surface area contributed by atoms with Crippen LogP contribution in [0.15, 0.2) is 42.6 Å². The first kappa shape index (κ1) is 17.4. The van der Waals surface area contributed by atoms with E-state index in [1.54, 1.807) is 43.5 Å². The molecule has 3 N–H and O–H groups in total. The minimum Gasteiger partial charge on any atom is -0.462 e. The van der Waals surface area contributed by atoms with Crippen LogP contribution >= 0.6 is 22.6 Å². The van der Waals surface area contributed by atoms with E-state index >= 15 is 0 Å². The fourth-order valence-corrected chi connectivity index (χ4v) is 3.09. The van der Waals surface area contributed by atoms with Gasteiger partial charge in [0, 0.05) is 9.77 Å². The van der Waals surface area contributed by atoms with E-state index in [-0.39, 0.29) is 23.7 Å². The van der Waals surface area contributed by atoms with Gasteiger partial charge in [0.25, 0.3) is 0 Å². The number of fused-ring (bicyclic) bond motifs is 1. The number of nitrogens with zero attached hydrogens (tertiary/aromatic N) is 1. The molecule has 7 heteroatoms. The summed E-state index contributed by atoms with van der Waals surface area (Å²) in [6.07, 6.45) is 1.59. The molecule has 0 amide bonds. The minimum absolute atomic E-state index is 0.247. The van der Waals surface area contributed by atoms with Crippen LogP contribution in [0.1, 0.15) is 17.3 Å². The monoisotopic (exact) mass is 451 g/mol. The van der Waals surface area contributed by atoms with E-state index in [9.17, 15) is 9.18 Å². The summed E-state index contributed by atoms with van der Waals surface area (Å²) in [5, 5.41) is 3.48. The van der Waals surface area contributed by atoms with E-state index in [1.807, 2.05) is 0 Å². The lowest BCUT2D eigenvalue weighted by Crippen LogP contribution is -2.09. The van der Waals surface area contributed by atoms with Gasteiger partial charge in [-0.2, -0.15) is 0 Å². The van der Waals surface area contributed by atoms with Crippen molar-refractivity contribution in [2.45, 2.75) is 6.92 Å². The molecule has 0 atom stereocenters. The maximum atomic E-state index is 14.3. The third kappa shape index (κ3) is 3.37. The molecule has 0 spiro atoms. The number of ether oxygens (including phenoxy) is 1. The van der Waals surface area contributed by atoms with Crippen LogP contribution in [-0.2, 0) is 4.74 Å². The van der Waals surface area contributed by atoms with Crippen molar-refractivity contribution in [1.82, 2.24) is 4.98 Å². The lowest BCUT2D eigenvalue weighted by atomic mass is 10.1. The van der Waals surface area contributed by atoms with E-state index in [2.05, 4.69) is 32.9 Å². The highest BCUT2D eigenvalue weighted by molar-refractivity contribution is 14.1. The number of benzene rings is 2. The van der Waals surface area contributed by atoms with Crippen molar-refractivity contribution in [3.05, 3.63) is 57.5 Å². The van der Waals surface area contributed by atoms with Gasteiger partial charge in [-0.25, -0.2) is 9.18 Å². The molecule has 2 aromatic carbocycles. The summed E-state index contributed by atoms with van der Waals surface area (Å²) < 4.78 is 20.2. The number of nitrogens with one attached hydrogen (secondary N) is 1. The summed E-state index contributed by atoms with van der Waals surface area (Å²) in [4.78, 5) is 16.2. The Labute approximate surface area is 157 Å². The number of rotatable bonds is 4. The minimum atomic E-state index is -0.496. The summed E-state index contributed by atoms with van der Waals surface area (Å²) in [5.41, 5.74) is 8.19. The Morgan fingerprint density at radius 2 is 2.08 bits per heavy atom. The third-order valence-electron chi connectivity index (χ3n) is 3.66. The van der Waals surface area contributed by atoms with Gasteiger partial charge in [-0.15, -0.1) is 0 Å². The molecule has 0 saturated carbocycles. The van der Waals surface area contributed by atoms with E-state index in [1.165, 1.54) is 6.07 Å². The van der Waals surface area contributed by atoms with Crippen molar-refractivity contribution in [2.75, 3.05) is 17.7 Å². The van der Waals surface area contributed by atoms with Crippen LogP contribution in [0.3, 0.4) is 0 Å². The van der Waals surface area contributed by atoms with Crippen molar-refractivity contribution in [3.63, 3.8) is 0 Å². The van der Waals surface area contributed by atoms with Crippen LogP contribution in [0.25, 0.3) is 10.9 Å². The van der Waals surface area contributed by atoms with Crippen LogP contribution in [0.5, 0.6) is 0 Å². The Morgan fingerprint density at radius 1 is 1.28 bits per heavy atom. The number of carbonyl (C=O) groups is 1. The Kier molecular flexibility index (Phi) is 5.03. The number of carbonyl (C=O) groups excluding carboxylic acids is 1. The molecule has 0 aliphatic heterocycles. The number of hydrogen-bond acceptors (Lipinski definition) is 5. The highest BCUT2D eigenvalue weighted by Crippen LogP contribution is 2.33. The summed E-state index contributed by atoms with van der Waals surface area (Å²) in [6.45, 7) is 1.98. The Balaban J connectivity index is 2.07. The van der Waals surface area contributed by atoms with Gasteiger partial charge in [-0.05, 0) is 59.8 Å². The summed E-state index contributed by atoms with van der Waals surface area (Å²) in [5.74, 6) is -0.880. The average Bonchev–Trinajstić information content (AvgIpc) is 2.60. The Morgan fingerprint density at radius 3 is 2.84 bits per heavy atom. The summed E-state index contributed by atoms with van der Waals surface area (Å²) in [6, 6.07) is 9.73. The van der Waals surface area contributed by atoms with Crippen LogP contribution in [0.2, 0.25) is 0 Å². The standard InChI is InChI=1S/C18H15FIN3O2/c1-2-25-18(24)10-4-3-5-14(16(10)21)23-13-8-9-22-17-12(20)7-6-11(19)15(13)17/h3-9H,2,21H2,1H3,(H,22,23). The molecule has 3 aromatic rings. The fourth-order valence-electron chi connectivity index (χ4n) is 2.50. The molecule has 0 saturated heterocycles. The predicted octanol–water partition coefficient (Wildman–Crippen LogP) is 4.48. The molecule has 1 heterocycles. The van der Waals surface area contributed by atoms with E-state index in [0.717, 1.165) is 3.57 Å². The van der Waals surface area contributed by atoms with Gasteiger partial charge < -0.3 is 15.8 Å². The molecule has 5 nitrogen and oxygen atoms in total. The number of aromatic nitrogens is 1. The number of para-hydroxylation sites is 1. The van der Waals surface area contributed by atoms with Crippen molar-refractivity contribution in [2.24, 2.45) is 0 Å². The largest absolute Gasteiger partial charge is 0.462 e. The molecule has 0 fully saturated rings. The van der Waals surface area contributed by atoms with Gasteiger partial charge in [-0.1, -0.05) is 6.07 Å². The zero-order valence-electron chi connectivity index (χ0n) is 13.3. The van der Waals surface area contributed by atoms with Crippen molar-refractivity contribution >= 4 is 56.5 Å². The molecule has 25 heavy (non-hydrogen) atoms. The molecule has 0 bridgehead atoms. The van der Waals surface area contributed by atoms with E-state index in [0.29, 0.717) is 22.3 Å². The topological polar surface area (TPSA) is 77.2 Å². The number of hydrogen-bond donors (Lipinski definition) is 2. The van der Waals surface area contributed by atoms with Gasteiger partial charge in [0.1, 0.15) is 5.82 Å². The zero-order valence-corrected chi connectivity index (χ0v) is 15.5. The first-order valence-electron chi connectivity index (χ1n) is 7.58. The Hall–Kier alpha value is -2.42. The number of nitrogens with two attached hydrogens (primary N) is 1. The van der Waals surface area contributed by atoms with Crippen LogP contribution in [0.4, 0.5) is 21.5 Å². The van der Waals surface area contributed by atoms with Gasteiger partial charge in [0.15, 0.2) is 0 Å². The average molecular weight is 451 g/mol. The molecule has 0 unspecified atom stereocenters. The SMILES string of the molecule is CCOC(=O)c1cccc(Nc2ccnc3c(I)ccc(F)c23)c1N. The van der Waals surface area contributed by atoms with E-state index in [4.69, 9.17) is 10.5 Å². The first-order valence-corrected chi connectivity index (χ1v) is 8.66. The number of halogens is 2. The summed E-state index contributed by atoms with van der Waals surface area (Å²) in [7, 11) is 0. The lowest BCUT2D eigenvalue weighted by Gasteiger charge is -2.14. The second-order valence-corrected chi connectivity index (χ2v) is 6.39. The van der Waals surface area contributed by atoms with Crippen molar-refractivity contribution in [1.29, 1.82) is 0 Å². The highest BCUT2D eigenvalue weighted by Gasteiger charge is 2.15. The third-order valence-corrected chi connectivity index (χ3v) is 4.53. The number of pyridine rings is 1. The van der Waals surface area contributed by atoms with Crippen molar-refractivity contribution in [3.8, 4) is 0 Å². The molecular weight excluding hydrogens is 436 g/mol. The second-order valence-electron chi connectivity index (χ2n) is 5.22. The van der Waals surface area contributed by atoms with Gasteiger partial charge in [-0.3, -0.25) is 4.98 Å². The molecule has 1 aromatic heterocycles. The maximum absolute atomic E-state index is 14.3. The molecule has 128 valence electrons. The normalized spacial score (nSPS) is 10.7. The smallest absolute Gasteiger partial charge is 0.340 e. The molecule has 0 aliphatic rings. The lowest BCUT2D eigenvalue weighted by molar-refractivity contribution is 0.0527. The number of nitrogen functional groups attached to an aromatic ring is 1. The maximum Gasteiger partial charge on any atom is 0.340 e. The van der Waals surface area contributed by atoms with Gasteiger partial charge in [0.05, 0.1) is 40.1 Å². The highest BCUT2D eigenvalue weighted by atomic mass is 127. The second kappa shape index (κ2) is 7.22. The van der Waals surface area contributed by atoms with Gasteiger partial charge in [0.2, 0.25) is 0 Å². The van der Waals surface area contributed by atoms with Crippen LogP contribution in [-0.4, -0.2) is 17.6 Å². The summed E-state index contributed by atoms with van der Waals surface area (Å²) >= 11 is 2.11. The Bertz CT molecular complexity index is 962. The first-order chi connectivity index (χ1) is 12.0. The molecule has 3 rings (SSSR count). The van der Waals surface area contributed by atoms with E-state index < -0.39 is 5.97 Å². The molecule has 0 radical (unpaired) electrons. The van der Waals surface area contributed by atoms with Crippen LogP contribution < -0.4 is 11.1 Å². The quantitative estimate of drug-likeness (QED) is 0.348. The van der Waals surface area contributed by atoms with Crippen molar-refractivity contribution < 1.29 is 13.9 Å². The predicted molar refractivity (Wildman–Crippen MR) is 105 cm³/mol. The number of esters is 1. The number of anilines is 3. The van der Waals surface area contributed by atoms with Gasteiger partial charge >= 0.3 is 5.97 Å². The molecular formula is C18H15FIN3O2. The molecule has 0 aliphatic carbocycles. The zero-order chi connectivity index (χ0) is 18.0. The van der Waals surface area contributed by atoms with Crippen LogP contribution in [0, 0.1) is 9.39 Å². The fraction of sp³-hybridized carbons (Fsp3) is 0.111.